The smallest absolute Gasteiger partial charge is 0.318 e. The molecule has 1 saturated heterocycles. The van der Waals surface area contributed by atoms with Gasteiger partial charge in [-0.1, -0.05) is 24.3 Å². The molecule has 0 bridgehead atoms. The van der Waals surface area contributed by atoms with Crippen molar-refractivity contribution in [1.82, 2.24) is 10.2 Å². The topological polar surface area (TPSA) is 80.3 Å². The van der Waals surface area contributed by atoms with E-state index < -0.39 is 0 Å². The molecule has 2 amide bonds. The third kappa shape index (κ3) is 4.92. The molecule has 1 atom stereocenters. The Bertz CT molecular complexity index is 851. The highest BCUT2D eigenvalue weighted by molar-refractivity contribution is 5.74. The highest BCUT2D eigenvalue weighted by Crippen LogP contribution is 2.30. The van der Waals surface area contributed by atoms with Gasteiger partial charge in [0.15, 0.2) is 11.5 Å². The molecule has 0 radical (unpaired) electrons. The lowest BCUT2D eigenvalue weighted by atomic mass is 10.1. The fraction of sp³-hybridized carbons (Fsp3) is 0.409. The van der Waals surface area contributed by atoms with Crippen LogP contribution in [0.25, 0.3) is 0 Å². The minimum atomic E-state index is -0.196. The molecule has 7 nitrogen and oxygen atoms in total. The van der Waals surface area contributed by atoms with Crippen LogP contribution in [0.3, 0.4) is 0 Å². The van der Waals surface area contributed by atoms with Crippen molar-refractivity contribution in [2.75, 3.05) is 26.4 Å². The molecule has 0 aliphatic carbocycles. The van der Waals surface area contributed by atoms with E-state index in [1.54, 1.807) is 17.0 Å². The summed E-state index contributed by atoms with van der Waals surface area (Å²) < 4.78 is 16.9. The zero-order valence-electron chi connectivity index (χ0n) is 16.3. The minimum Gasteiger partial charge on any atom is -0.508 e. The number of carbonyl (C=O) groups excluding carboxylic acids is 1. The molecule has 7 heteroatoms. The first-order chi connectivity index (χ1) is 14.2. The van der Waals surface area contributed by atoms with E-state index in [0.717, 1.165) is 30.8 Å². The maximum Gasteiger partial charge on any atom is 0.318 e. The highest BCUT2D eigenvalue weighted by Gasteiger charge is 2.23. The Balaban J connectivity index is 1.42. The molecule has 1 unspecified atom stereocenters. The number of urea groups is 1. The van der Waals surface area contributed by atoms with Crippen LogP contribution in [0.5, 0.6) is 17.2 Å². The highest BCUT2D eigenvalue weighted by atomic mass is 16.6. The van der Waals surface area contributed by atoms with Crippen molar-refractivity contribution in [2.24, 2.45) is 0 Å². The molecule has 0 spiro atoms. The Morgan fingerprint density at radius 1 is 1.10 bits per heavy atom. The number of nitrogens with zero attached hydrogens (tertiary/aromatic N) is 1. The number of fused-ring (bicyclic) bond motifs is 1. The summed E-state index contributed by atoms with van der Waals surface area (Å²) in [7, 11) is 0. The van der Waals surface area contributed by atoms with E-state index in [0.29, 0.717) is 44.2 Å². The van der Waals surface area contributed by atoms with Gasteiger partial charge in [-0.05, 0) is 36.6 Å². The van der Waals surface area contributed by atoms with Crippen molar-refractivity contribution < 1.29 is 24.1 Å². The number of carbonyl (C=O) groups is 1. The van der Waals surface area contributed by atoms with Crippen LogP contribution in [0.4, 0.5) is 4.79 Å². The lowest BCUT2D eigenvalue weighted by Gasteiger charge is -2.26. The molecule has 1 fully saturated rings. The number of nitrogens with one attached hydrogen (secondary N) is 1. The summed E-state index contributed by atoms with van der Waals surface area (Å²) in [6.07, 6.45) is 1.97. The third-order valence-corrected chi connectivity index (χ3v) is 5.14. The fourth-order valence-corrected chi connectivity index (χ4v) is 3.59. The Labute approximate surface area is 170 Å². The molecule has 2 N–H and O–H groups in total. The summed E-state index contributed by atoms with van der Waals surface area (Å²) >= 11 is 0. The van der Waals surface area contributed by atoms with Gasteiger partial charge in [-0.25, -0.2) is 4.79 Å². The van der Waals surface area contributed by atoms with E-state index in [9.17, 15) is 9.90 Å². The molecular weight excluding hydrogens is 372 g/mol. The van der Waals surface area contributed by atoms with E-state index in [1.807, 2.05) is 30.3 Å². The van der Waals surface area contributed by atoms with Crippen molar-refractivity contribution in [1.29, 1.82) is 0 Å². The van der Waals surface area contributed by atoms with Crippen LogP contribution in [0.2, 0.25) is 0 Å². The van der Waals surface area contributed by atoms with E-state index in [4.69, 9.17) is 14.2 Å². The summed E-state index contributed by atoms with van der Waals surface area (Å²) in [5.41, 5.74) is 1.64. The standard InChI is InChI=1S/C22H26N2O5/c25-19-6-2-1-4-17(19)14-24(15-18-5-3-9-27-18)22(26)23-13-16-7-8-20-21(12-16)29-11-10-28-20/h1-2,4,6-8,12,18,25H,3,5,9-11,13-15H2,(H,23,26). The van der Waals surface area contributed by atoms with E-state index in [2.05, 4.69) is 5.32 Å². The van der Waals surface area contributed by atoms with Gasteiger partial charge < -0.3 is 29.5 Å². The number of phenols is 1. The van der Waals surface area contributed by atoms with Crippen LogP contribution in [0.15, 0.2) is 42.5 Å². The number of aromatic hydroxyl groups is 1. The van der Waals surface area contributed by atoms with Gasteiger partial charge in [0.05, 0.1) is 12.6 Å². The summed E-state index contributed by atoms with van der Waals surface area (Å²) in [6, 6.07) is 12.6. The van der Waals surface area contributed by atoms with Gasteiger partial charge >= 0.3 is 6.03 Å². The van der Waals surface area contributed by atoms with Gasteiger partial charge in [-0.2, -0.15) is 0 Å². The van der Waals surface area contributed by atoms with Gasteiger partial charge in [0.25, 0.3) is 0 Å². The van der Waals surface area contributed by atoms with Crippen LogP contribution in [0.1, 0.15) is 24.0 Å². The van der Waals surface area contributed by atoms with E-state index in [1.165, 1.54) is 0 Å². The first-order valence-electron chi connectivity index (χ1n) is 9.99. The SMILES string of the molecule is O=C(NCc1ccc2c(c1)OCCO2)N(Cc1ccccc1O)CC1CCCO1. The Kier molecular flexibility index (Phi) is 6.05. The number of amides is 2. The second kappa shape index (κ2) is 9.05. The molecule has 4 rings (SSSR count). The van der Waals surface area contributed by atoms with Gasteiger partial charge in [0, 0.05) is 25.3 Å². The number of ether oxygens (including phenoxy) is 3. The molecule has 2 aromatic rings. The molecule has 0 aromatic heterocycles. The van der Waals surface area contributed by atoms with E-state index >= 15 is 0 Å². The summed E-state index contributed by atoms with van der Waals surface area (Å²) in [4.78, 5) is 14.6. The van der Waals surface area contributed by atoms with Gasteiger partial charge in [-0.15, -0.1) is 0 Å². The van der Waals surface area contributed by atoms with Crippen molar-refractivity contribution in [2.45, 2.75) is 32.0 Å². The molecule has 154 valence electrons. The molecule has 2 aliphatic heterocycles. The van der Waals surface area contributed by atoms with Crippen LogP contribution >= 0.6 is 0 Å². The third-order valence-electron chi connectivity index (χ3n) is 5.14. The molecule has 2 aromatic carbocycles. The lowest BCUT2D eigenvalue weighted by Crippen LogP contribution is -2.43. The number of rotatable bonds is 6. The second-order valence-electron chi connectivity index (χ2n) is 7.28. The maximum atomic E-state index is 12.9. The van der Waals surface area contributed by atoms with Crippen LogP contribution < -0.4 is 14.8 Å². The largest absolute Gasteiger partial charge is 0.508 e. The van der Waals surface area contributed by atoms with Crippen molar-refractivity contribution in [3.8, 4) is 17.2 Å². The molecule has 29 heavy (non-hydrogen) atoms. The van der Waals surface area contributed by atoms with Crippen LogP contribution in [-0.4, -0.2) is 48.5 Å². The molecule has 2 heterocycles. The Hall–Kier alpha value is -2.93. The number of phenolic OH excluding ortho intramolecular Hbond substituents is 1. The normalized spacial score (nSPS) is 17.7. The average molecular weight is 398 g/mol. The van der Waals surface area contributed by atoms with Crippen LogP contribution in [0, 0.1) is 0 Å². The number of hydrogen-bond donors (Lipinski definition) is 2. The zero-order chi connectivity index (χ0) is 20.1. The number of hydrogen-bond acceptors (Lipinski definition) is 5. The molecule has 2 aliphatic rings. The van der Waals surface area contributed by atoms with Crippen molar-refractivity contribution in [3.63, 3.8) is 0 Å². The number of para-hydroxylation sites is 1. The van der Waals surface area contributed by atoms with Crippen molar-refractivity contribution in [3.05, 3.63) is 53.6 Å². The average Bonchev–Trinajstić information content (AvgIpc) is 3.26. The van der Waals surface area contributed by atoms with Gasteiger partial charge in [-0.3, -0.25) is 0 Å². The lowest BCUT2D eigenvalue weighted by molar-refractivity contribution is 0.0792. The predicted octanol–water partition coefficient (Wildman–Crippen LogP) is 3.05. The van der Waals surface area contributed by atoms with Crippen molar-refractivity contribution >= 4 is 6.03 Å². The zero-order valence-corrected chi connectivity index (χ0v) is 16.3. The monoisotopic (exact) mass is 398 g/mol. The van der Waals surface area contributed by atoms with Crippen LogP contribution in [-0.2, 0) is 17.8 Å². The summed E-state index contributed by atoms with van der Waals surface area (Å²) in [6.45, 7) is 2.99. The molecule has 0 saturated carbocycles. The summed E-state index contributed by atoms with van der Waals surface area (Å²) in [5, 5.41) is 13.1. The Morgan fingerprint density at radius 3 is 2.72 bits per heavy atom. The van der Waals surface area contributed by atoms with Gasteiger partial charge in [0.1, 0.15) is 19.0 Å². The minimum absolute atomic E-state index is 0.0286. The second-order valence-corrected chi connectivity index (χ2v) is 7.28. The molecular formula is C22H26N2O5. The van der Waals surface area contributed by atoms with E-state index in [-0.39, 0.29) is 17.9 Å². The number of benzene rings is 2. The fourth-order valence-electron chi connectivity index (χ4n) is 3.59. The quantitative estimate of drug-likeness (QED) is 0.782. The Morgan fingerprint density at radius 2 is 1.93 bits per heavy atom. The first kappa shape index (κ1) is 19.4. The summed E-state index contributed by atoms with van der Waals surface area (Å²) in [5.74, 6) is 1.61. The first-order valence-corrected chi connectivity index (χ1v) is 9.99. The predicted molar refractivity (Wildman–Crippen MR) is 107 cm³/mol. The van der Waals surface area contributed by atoms with Gasteiger partial charge in [0.2, 0.25) is 0 Å². The maximum absolute atomic E-state index is 12.9.